The fourth-order valence-corrected chi connectivity index (χ4v) is 1.44. The molecule has 0 aromatic heterocycles. The lowest BCUT2D eigenvalue weighted by molar-refractivity contribution is -0.141. The molecule has 1 rings (SSSR count). The van der Waals surface area contributed by atoms with Gasteiger partial charge < -0.3 is 10.4 Å². The zero-order valence-electron chi connectivity index (χ0n) is 9.74. The van der Waals surface area contributed by atoms with Gasteiger partial charge in [-0.15, -0.1) is 0 Å². The minimum atomic E-state index is -1.16. The Kier molecular flexibility index (Phi) is 4.76. The standard InChI is InChI=1S/C12H13F2NO3/c1-2-10(12(17)18)15-11(16)6-7-5-8(13)3-4-9(7)14/h3-5,10H,2,6H2,1H3,(H,15,16)(H,17,18). The number of carboxylic acid groups (broad SMARTS) is 1. The van der Waals surface area contributed by atoms with E-state index in [0.717, 1.165) is 18.2 Å². The lowest BCUT2D eigenvalue weighted by Gasteiger charge is -2.12. The summed E-state index contributed by atoms with van der Waals surface area (Å²) < 4.78 is 26.1. The molecule has 0 aliphatic rings. The van der Waals surface area contributed by atoms with Crippen LogP contribution in [0.4, 0.5) is 8.78 Å². The summed E-state index contributed by atoms with van der Waals surface area (Å²) in [6.45, 7) is 1.60. The Morgan fingerprint density at radius 1 is 1.39 bits per heavy atom. The number of amides is 1. The van der Waals surface area contributed by atoms with Gasteiger partial charge in [-0.25, -0.2) is 13.6 Å². The normalized spacial score (nSPS) is 11.9. The molecule has 0 aliphatic heterocycles. The van der Waals surface area contributed by atoms with Gasteiger partial charge in [-0.2, -0.15) is 0 Å². The quantitative estimate of drug-likeness (QED) is 0.839. The molecule has 98 valence electrons. The third kappa shape index (κ3) is 3.80. The van der Waals surface area contributed by atoms with Crippen molar-refractivity contribution in [3.63, 3.8) is 0 Å². The molecule has 0 bridgehead atoms. The lowest BCUT2D eigenvalue weighted by Crippen LogP contribution is -2.41. The zero-order chi connectivity index (χ0) is 13.7. The highest BCUT2D eigenvalue weighted by Crippen LogP contribution is 2.10. The van der Waals surface area contributed by atoms with Crippen LogP contribution in [0.15, 0.2) is 18.2 Å². The number of hydrogen-bond acceptors (Lipinski definition) is 2. The van der Waals surface area contributed by atoms with Crippen molar-refractivity contribution in [3.05, 3.63) is 35.4 Å². The summed E-state index contributed by atoms with van der Waals surface area (Å²) in [7, 11) is 0. The zero-order valence-corrected chi connectivity index (χ0v) is 9.74. The maximum absolute atomic E-state index is 13.2. The van der Waals surface area contributed by atoms with Crippen molar-refractivity contribution in [3.8, 4) is 0 Å². The molecule has 0 radical (unpaired) electrons. The van der Waals surface area contributed by atoms with Crippen LogP contribution in [0.2, 0.25) is 0 Å². The topological polar surface area (TPSA) is 66.4 Å². The molecule has 4 nitrogen and oxygen atoms in total. The molecule has 0 saturated heterocycles. The van der Waals surface area contributed by atoms with Crippen LogP contribution < -0.4 is 5.32 Å². The van der Waals surface area contributed by atoms with Crippen LogP contribution in [0.5, 0.6) is 0 Å². The third-order valence-corrected chi connectivity index (χ3v) is 2.40. The van der Waals surface area contributed by atoms with E-state index in [1.165, 1.54) is 0 Å². The van der Waals surface area contributed by atoms with Crippen LogP contribution in [0.3, 0.4) is 0 Å². The first-order valence-electron chi connectivity index (χ1n) is 5.40. The van der Waals surface area contributed by atoms with Gasteiger partial charge in [-0.1, -0.05) is 6.92 Å². The van der Waals surface area contributed by atoms with E-state index in [1.54, 1.807) is 6.92 Å². The lowest BCUT2D eigenvalue weighted by atomic mass is 10.1. The van der Waals surface area contributed by atoms with Gasteiger partial charge in [0.25, 0.3) is 0 Å². The first-order valence-corrected chi connectivity index (χ1v) is 5.40. The molecule has 0 spiro atoms. The van der Waals surface area contributed by atoms with Crippen molar-refractivity contribution in [1.29, 1.82) is 0 Å². The summed E-state index contributed by atoms with van der Waals surface area (Å²) in [4.78, 5) is 22.2. The summed E-state index contributed by atoms with van der Waals surface area (Å²) in [5.41, 5.74) is -0.104. The number of benzene rings is 1. The molecule has 1 aromatic carbocycles. The number of nitrogens with one attached hydrogen (secondary N) is 1. The Balaban J connectivity index is 2.70. The molecular weight excluding hydrogens is 244 g/mol. The van der Waals surface area contributed by atoms with Gasteiger partial charge in [-0.3, -0.25) is 4.79 Å². The smallest absolute Gasteiger partial charge is 0.326 e. The van der Waals surface area contributed by atoms with E-state index in [-0.39, 0.29) is 12.0 Å². The van der Waals surface area contributed by atoms with Gasteiger partial charge in [-0.05, 0) is 24.6 Å². The SMILES string of the molecule is CCC(NC(=O)Cc1cc(F)ccc1F)C(=O)O. The molecular formula is C12H13F2NO3. The Morgan fingerprint density at radius 3 is 2.61 bits per heavy atom. The van der Waals surface area contributed by atoms with Crippen molar-refractivity contribution in [1.82, 2.24) is 5.32 Å². The second-order valence-corrected chi connectivity index (χ2v) is 3.78. The van der Waals surface area contributed by atoms with Gasteiger partial charge >= 0.3 is 5.97 Å². The number of carbonyl (C=O) groups is 2. The number of rotatable bonds is 5. The summed E-state index contributed by atoms with van der Waals surface area (Å²) in [6, 6.07) is 1.76. The van der Waals surface area contributed by atoms with Gasteiger partial charge in [0.2, 0.25) is 5.91 Å². The highest BCUT2D eigenvalue weighted by atomic mass is 19.1. The Hall–Kier alpha value is -1.98. The minimum absolute atomic E-state index is 0.104. The average molecular weight is 257 g/mol. The molecule has 1 unspecified atom stereocenters. The van der Waals surface area contributed by atoms with E-state index in [1.807, 2.05) is 0 Å². The highest BCUT2D eigenvalue weighted by molar-refractivity contribution is 5.84. The second kappa shape index (κ2) is 6.09. The van der Waals surface area contributed by atoms with Crippen molar-refractivity contribution < 1.29 is 23.5 Å². The van der Waals surface area contributed by atoms with Gasteiger partial charge in [0.1, 0.15) is 17.7 Å². The van der Waals surface area contributed by atoms with Gasteiger partial charge in [0, 0.05) is 5.56 Å². The predicted octanol–water partition coefficient (Wildman–Crippen LogP) is 1.49. The van der Waals surface area contributed by atoms with Crippen LogP contribution in [0.25, 0.3) is 0 Å². The predicted molar refractivity (Wildman–Crippen MR) is 59.9 cm³/mol. The van der Waals surface area contributed by atoms with Gasteiger partial charge in [0.05, 0.1) is 6.42 Å². The molecule has 6 heteroatoms. The number of carboxylic acids is 1. The fraction of sp³-hybridized carbons (Fsp3) is 0.333. The summed E-state index contributed by atoms with van der Waals surface area (Å²) >= 11 is 0. The van der Waals surface area contributed by atoms with Crippen LogP contribution in [-0.4, -0.2) is 23.0 Å². The number of carbonyl (C=O) groups excluding carboxylic acids is 1. The van der Waals surface area contributed by atoms with Crippen molar-refractivity contribution in [2.75, 3.05) is 0 Å². The van der Waals surface area contributed by atoms with Crippen LogP contribution in [0, 0.1) is 11.6 Å². The largest absolute Gasteiger partial charge is 0.480 e. The molecule has 1 atom stereocenters. The van der Waals surface area contributed by atoms with Crippen LogP contribution in [0.1, 0.15) is 18.9 Å². The van der Waals surface area contributed by atoms with E-state index in [9.17, 15) is 18.4 Å². The number of halogens is 2. The molecule has 0 fully saturated rings. The molecule has 2 N–H and O–H groups in total. The number of hydrogen-bond donors (Lipinski definition) is 2. The summed E-state index contributed by atoms with van der Waals surface area (Å²) in [5.74, 6) is -3.17. The van der Waals surface area contributed by atoms with Crippen LogP contribution >= 0.6 is 0 Å². The molecule has 18 heavy (non-hydrogen) atoms. The maximum atomic E-state index is 13.2. The molecule has 1 aromatic rings. The second-order valence-electron chi connectivity index (χ2n) is 3.78. The monoisotopic (exact) mass is 257 g/mol. The van der Waals surface area contributed by atoms with E-state index in [2.05, 4.69) is 5.32 Å². The molecule has 1 amide bonds. The summed E-state index contributed by atoms with van der Waals surface area (Å²) in [5, 5.41) is 11.0. The highest BCUT2D eigenvalue weighted by Gasteiger charge is 2.18. The van der Waals surface area contributed by atoms with E-state index < -0.39 is 36.0 Å². The van der Waals surface area contributed by atoms with E-state index in [0.29, 0.717) is 0 Å². The molecule has 0 aliphatic carbocycles. The first-order chi connectivity index (χ1) is 8.43. The number of aliphatic carboxylic acids is 1. The Morgan fingerprint density at radius 2 is 2.06 bits per heavy atom. The minimum Gasteiger partial charge on any atom is -0.480 e. The van der Waals surface area contributed by atoms with Crippen molar-refractivity contribution in [2.24, 2.45) is 0 Å². The fourth-order valence-electron chi connectivity index (χ4n) is 1.44. The molecule has 0 saturated carbocycles. The van der Waals surface area contributed by atoms with Crippen molar-refractivity contribution in [2.45, 2.75) is 25.8 Å². The molecule has 0 heterocycles. The van der Waals surface area contributed by atoms with E-state index in [4.69, 9.17) is 5.11 Å². The maximum Gasteiger partial charge on any atom is 0.326 e. The Labute approximate surface area is 103 Å². The average Bonchev–Trinajstić information content (AvgIpc) is 2.30. The summed E-state index contributed by atoms with van der Waals surface area (Å²) in [6.07, 6.45) is -0.180. The third-order valence-electron chi connectivity index (χ3n) is 2.40. The Bertz CT molecular complexity index is 463. The van der Waals surface area contributed by atoms with E-state index >= 15 is 0 Å². The first kappa shape index (κ1) is 14.1. The van der Waals surface area contributed by atoms with Crippen molar-refractivity contribution >= 4 is 11.9 Å². The van der Waals surface area contributed by atoms with Crippen LogP contribution in [-0.2, 0) is 16.0 Å². The van der Waals surface area contributed by atoms with Gasteiger partial charge in [0.15, 0.2) is 0 Å².